The molecule has 1 heterocycles. The molecule has 2 aromatic rings. The summed E-state index contributed by atoms with van der Waals surface area (Å²) < 4.78 is 39.5. The number of aromatic nitrogens is 3. The zero-order valence-electron chi connectivity index (χ0n) is 8.92. The zero-order chi connectivity index (χ0) is 13.2. The Bertz CT molecular complexity index is 522. The van der Waals surface area contributed by atoms with Crippen molar-refractivity contribution < 1.29 is 23.0 Å². The molecule has 18 heavy (non-hydrogen) atoms. The first-order valence-corrected chi connectivity index (χ1v) is 4.86. The predicted molar refractivity (Wildman–Crippen MR) is 54.0 cm³/mol. The number of rotatable bonds is 3. The summed E-state index contributed by atoms with van der Waals surface area (Å²) in [6.07, 6.45) is -3.35. The Labute approximate surface area is 99.4 Å². The van der Waals surface area contributed by atoms with Crippen LogP contribution >= 0.6 is 0 Å². The second-order valence-electron chi connectivity index (χ2n) is 3.33. The van der Waals surface area contributed by atoms with Gasteiger partial charge in [-0.3, -0.25) is 0 Å². The fraction of sp³-hybridized carbons (Fsp3) is 0.200. The second-order valence-corrected chi connectivity index (χ2v) is 3.33. The van der Waals surface area contributed by atoms with Gasteiger partial charge in [0.25, 0.3) is 0 Å². The molecule has 1 aromatic heterocycles. The molecule has 0 radical (unpaired) electrons. The van der Waals surface area contributed by atoms with Gasteiger partial charge in [-0.2, -0.15) is 15.0 Å². The average molecular weight is 259 g/mol. The number of alkyl halides is 3. The van der Waals surface area contributed by atoms with Gasteiger partial charge in [0.15, 0.2) is 0 Å². The molecule has 0 spiro atoms. The van der Waals surface area contributed by atoms with Crippen LogP contribution in [0.1, 0.15) is 5.69 Å². The highest BCUT2D eigenvalue weighted by molar-refractivity contribution is 5.35. The van der Waals surface area contributed by atoms with Crippen molar-refractivity contribution in [2.24, 2.45) is 0 Å². The summed E-state index contributed by atoms with van der Waals surface area (Å²) in [6, 6.07) is 5.07. The van der Waals surface area contributed by atoms with E-state index < -0.39 is 6.36 Å². The molecule has 0 atom stereocenters. The third-order valence-corrected chi connectivity index (χ3v) is 2.00. The molecular formula is C10H8F3N3O2. The van der Waals surface area contributed by atoms with Crippen LogP contribution < -0.4 is 4.74 Å². The van der Waals surface area contributed by atoms with Gasteiger partial charge >= 0.3 is 6.36 Å². The highest BCUT2D eigenvalue weighted by Gasteiger charge is 2.30. The Morgan fingerprint density at radius 2 is 1.89 bits per heavy atom. The van der Waals surface area contributed by atoms with Crippen LogP contribution in [0.15, 0.2) is 30.5 Å². The van der Waals surface area contributed by atoms with Crippen LogP contribution in [0.4, 0.5) is 13.2 Å². The van der Waals surface area contributed by atoms with Crippen LogP contribution in [0.25, 0.3) is 5.69 Å². The summed E-state index contributed by atoms with van der Waals surface area (Å²) >= 11 is 0. The number of aliphatic hydroxyl groups excluding tert-OH is 1. The molecule has 8 heteroatoms. The van der Waals surface area contributed by atoms with Crippen LogP contribution in [-0.4, -0.2) is 26.5 Å². The average Bonchev–Trinajstić information content (AvgIpc) is 2.76. The van der Waals surface area contributed by atoms with E-state index in [-0.39, 0.29) is 12.4 Å². The van der Waals surface area contributed by atoms with Gasteiger partial charge in [0, 0.05) is 0 Å². The molecule has 0 amide bonds. The van der Waals surface area contributed by atoms with Crippen molar-refractivity contribution in [2.45, 2.75) is 13.0 Å². The number of halogens is 3. The topological polar surface area (TPSA) is 60.2 Å². The maximum atomic E-state index is 11.9. The molecule has 1 N–H and O–H groups in total. The van der Waals surface area contributed by atoms with Crippen molar-refractivity contribution in [1.82, 2.24) is 15.0 Å². The molecule has 0 aliphatic heterocycles. The molecule has 5 nitrogen and oxygen atoms in total. The van der Waals surface area contributed by atoms with E-state index in [0.29, 0.717) is 11.4 Å². The van der Waals surface area contributed by atoms with Crippen molar-refractivity contribution in [2.75, 3.05) is 0 Å². The van der Waals surface area contributed by atoms with Gasteiger partial charge in [-0.05, 0) is 24.3 Å². The van der Waals surface area contributed by atoms with E-state index in [1.165, 1.54) is 23.1 Å². The Hall–Kier alpha value is -2.09. The molecule has 0 fully saturated rings. The summed E-state index contributed by atoms with van der Waals surface area (Å²) in [7, 11) is 0. The summed E-state index contributed by atoms with van der Waals surface area (Å²) in [5.74, 6) is -0.319. The minimum absolute atomic E-state index is 0.255. The highest BCUT2D eigenvalue weighted by atomic mass is 19.4. The first-order chi connectivity index (χ1) is 8.48. The zero-order valence-corrected chi connectivity index (χ0v) is 8.92. The Morgan fingerprint density at radius 3 is 2.39 bits per heavy atom. The number of hydrogen-bond acceptors (Lipinski definition) is 4. The number of nitrogens with zero attached hydrogens (tertiary/aromatic N) is 3. The highest BCUT2D eigenvalue weighted by Crippen LogP contribution is 2.23. The van der Waals surface area contributed by atoms with E-state index >= 15 is 0 Å². The van der Waals surface area contributed by atoms with Crippen LogP contribution in [0, 0.1) is 0 Å². The first kappa shape index (κ1) is 12.4. The normalized spacial score (nSPS) is 11.6. The number of benzene rings is 1. The minimum Gasteiger partial charge on any atom is -0.406 e. The molecule has 0 bridgehead atoms. The maximum Gasteiger partial charge on any atom is 0.573 e. The van der Waals surface area contributed by atoms with E-state index in [2.05, 4.69) is 14.9 Å². The Morgan fingerprint density at radius 1 is 1.22 bits per heavy atom. The largest absolute Gasteiger partial charge is 0.573 e. The number of ether oxygens (including phenoxy) is 1. The summed E-state index contributed by atoms with van der Waals surface area (Å²) in [5, 5.41) is 16.5. The van der Waals surface area contributed by atoms with E-state index in [4.69, 9.17) is 5.11 Å². The lowest BCUT2D eigenvalue weighted by Gasteiger charge is -2.08. The fourth-order valence-electron chi connectivity index (χ4n) is 1.27. The van der Waals surface area contributed by atoms with Crippen molar-refractivity contribution in [1.29, 1.82) is 0 Å². The Kier molecular flexibility index (Phi) is 3.19. The fourth-order valence-corrected chi connectivity index (χ4v) is 1.27. The quantitative estimate of drug-likeness (QED) is 0.910. The monoisotopic (exact) mass is 259 g/mol. The molecule has 0 saturated carbocycles. The number of aliphatic hydroxyl groups is 1. The van der Waals surface area contributed by atoms with Gasteiger partial charge in [0.05, 0.1) is 18.5 Å². The first-order valence-electron chi connectivity index (χ1n) is 4.86. The van der Waals surface area contributed by atoms with E-state index in [0.717, 1.165) is 12.1 Å². The van der Waals surface area contributed by atoms with Gasteiger partial charge in [-0.15, -0.1) is 13.2 Å². The van der Waals surface area contributed by atoms with Crippen LogP contribution in [-0.2, 0) is 6.61 Å². The lowest BCUT2D eigenvalue weighted by molar-refractivity contribution is -0.274. The van der Waals surface area contributed by atoms with Crippen molar-refractivity contribution in [3.63, 3.8) is 0 Å². The Balaban J connectivity index is 2.17. The lowest BCUT2D eigenvalue weighted by Crippen LogP contribution is -2.17. The van der Waals surface area contributed by atoms with Crippen LogP contribution in [0.3, 0.4) is 0 Å². The predicted octanol–water partition coefficient (Wildman–Crippen LogP) is 1.66. The van der Waals surface area contributed by atoms with Crippen molar-refractivity contribution >= 4 is 0 Å². The van der Waals surface area contributed by atoms with Crippen LogP contribution in [0.5, 0.6) is 5.75 Å². The van der Waals surface area contributed by atoms with Gasteiger partial charge in [-0.25, -0.2) is 0 Å². The summed E-state index contributed by atoms with van der Waals surface area (Å²) in [6.45, 7) is -0.255. The molecule has 1 aromatic carbocycles. The van der Waals surface area contributed by atoms with E-state index in [1.54, 1.807) is 0 Å². The number of hydrogen-bond donors (Lipinski definition) is 1. The third-order valence-electron chi connectivity index (χ3n) is 2.00. The molecular weight excluding hydrogens is 251 g/mol. The standard InChI is InChI=1S/C10H8F3N3O2/c11-10(12,13)18-9-3-1-8(2-4-9)16-14-5-7(6-17)15-16/h1-5,17H,6H2. The third kappa shape index (κ3) is 2.98. The van der Waals surface area contributed by atoms with Crippen molar-refractivity contribution in [3.8, 4) is 11.4 Å². The van der Waals surface area contributed by atoms with Gasteiger partial charge in [-0.1, -0.05) is 0 Å². The van der Waals surface area contributed by atoms with Gasteiger partial charge < -0.3 is 9.84 Å². The molecule has 0 aliphatic carbocycles. The van der Waals surface area contributed by atoms with Gasteiger partial charge in [0.2, 0.25) is 0 Å². The van der Waals surface area contributed by atoms with Crippen LogP contribution in [0.2, 0.25) is 0 Å². The molecule has 96 valence electrons. The molecule has 2 rings (SSSR count). The van der Waals surface area contributed by atoms with Gasteiger partial charge in [0.1, 0.15) is 11.4 Å². The maximum absolute atomic E-state index is 11.9. The second kappa shape index (κ2) is 4.65. The molecule has 0 saturated heterocycles. The van der Waals surface area contributed by atoms with E-state index in [1.807, 2.05) is 0 Å². The smallest absolute Gasteiger partial charge is 0.406 e. The van der Waals surface area contributed by atoms with Crippen molar-refractivity contribution in [3.05, 3.63) is 36.2 Å². The minimum atomic E-state index is -4.71. The van der Waals surface area contributed by atoms with E-state index in [9.17, 15) is 13.2 Å². The lowest BCUT2D eigenvalue weighted by atomic mass is 10.3. The summed E-state index contributed by atoms with van der Waals surface area (Å²) in [5.41, 5.74) is 0.829. The molecule has 0 aliphatic rings. The summed E-state index contributed by atoms with van der Waals surface area (Å²) in [4.78, 5) is 1.20. The molecule has 0 unspecified atom stereocenters. The SMILES string of the molecule is OCc1cnn(-c2ccc(OC(F)(F)F)cc2)n1.